The Bertz CT molecular complexity index is 100. The summed E-state index contributed by atoms with van der Waals surface area (Å²) < 4.78 is 0. The molecule has 6 heteroatoms. The normalized spacial score (nSPS) is 10.0. The van der Waals surface area contributed by atoms with Gasteiger partial charge in [-0.05, 0) is 0 Å². The summed E-state index contributed by atoms with van der Waals surface area (Å²) in [6.07, 6.45) is 0. The van der Waals surface area contributed by atoms with Crippen molar-refractivity contribution in [3.63, 3.8) is 0 Å². The average Bonchev–Trinajstić information content (AvgIpc) is 1.41. The van der Waals surface area contributed by atoms with E-state index in [0.717, 1.165) is 0 Å². The van der Waals surface area contributed by atoms with Crippen LogP contribution < -0.4 is 9.41 Å². The van der Waals surface area contributed by atoms with E-state index in [4.69, 9.17) is 0 Å². The quantitative estimate of drug-likeness (QED) is 0.395. The summed E-state index contributed by atoms with van der Waals surface area (Å²) in [6, 6.07) is 0. The third kappa shape index (κ3) is 2910. The van der Waals surface area contributed by atoms with E-state index in [0.29, 0.717) is 0 Å². The van der Waals surface area contributed by atoms with Crippen LogP contribution in [-0.2, 0) is 22.4 Å². The van der Waals surface area contributed by atoms with Gasteiger partial charge < -0.3 is 9.41 Å². The molecule has 0 fully saturated rings. The Kier molecular flexibility index (Phi) is 29.7. The molecule has 0 nitrogen and oxygen atoms in total. The molecule has 0 saturated carbocycles. The summed E-state index contributed by atoms with van der Waals surface area (Å²) in [4.78, 5) is 0. The van der Waals surface area contributed by atoms with Crippen molar-refractivity contribution in [1.29, 1.82) is 0 Å². The van der Waals surface area contributed by atoms with Crippen molar-refractivity contribution in [3.05, 3.63) is 19.6 Å². The van der Waals surface area contributed by atoms with Crippen LogP contribution in [0.4, 0.5) is 0 Å². The monoisotopic (exact) mass is 480 g/mol. The van der Waals surface area contributed by atoms with Crippen LogP contribution in [0.15, 0.2) is 0 Å². The molecular formula is C12H33F2Si3Ta. The molecule has 0 bridgehead atoms. The minimum absolute atomic E-state index is 0. The third-order valence-corrected chi connectivity index (χ3v) is 0. The number of halogens is 2. The maximum atomic E-state index is 3.91. The van der Waals surface area contributed by atoms with Crippen LogP contribution in [0.25, 0.3) is 0 Å². The molecule has 112 valence electrons. The molecule has 0 aromatic rings. The first-order valence-corrected chi connectivity index (χ1v) is 16.7. The largest absolute Gasteiger partial charge is 2.00 e. The molecule has 0 atom stereocenters. The van der Waals surface area contributed by atoms with E-state index >= 15 is 0 Å². The summed E-state index contributed by atoms with van der Waals surface area (Å²) in [5.74, 6) is 0. The van der Waals surface area contributed by atoms with Gasteiger partial charge in [0.05, 0.1) is 0 Å². The third-order valence-electron chi connectivity index (χ3n) is 0. The molecule has 0 aromatic heterocycles. The first-order valence-electron chi connectivity index (χ1n) is 5.56. The molecule has 0 saturated heterocycles. The van der Waals surface area contributed by atoms with Gasteiger partial charge in [0, 0.05) is 24.2 Å². The van der Waals surface area contributed by atoms with Crippen LogP contribution in [0, 0.1) is 19.6 Å². The zero-order chi connectivity index (χ0) is 13.5. The zero-order valence-corrected chi connectivity index (χ0v) is 20.0. The van der Waals surface area contributed by atoms with Gasteiger partial charge in [0.1, 0.15) is 0 Å². The van der Waals surface area contributed by atoms with Gasteiger partial charge in [-0.3, -0.25) is 0 Å². The van der Waals surface area contributed by atoms with Crippen LogP contribution >= 0.6 is 0 Å². The van der Waals surface area contributed by atoms with Gasteiger partial charge in [0.15, 0.2) is 0 Å². The molecule has 0 unspecified atom stereocenters. The Labute approximate surface area is 134 Å². The van der Waals surface area contributed by atoms with E-state index in [1.54, 1.807) is 0 Å². The second-order valence-electron chi connectivity index (χ2n) is 7.68. The van der Waals surface area contributed by atoms with Crippen molar-refractivity contribution in [2.75, 3.05) is 0 Å². The minimum Gasteiger partial charge on any atom is -1.00 e. The minimum atomic E-state index is -0.861. The molecule has 0 spiro atoms. The Morgan fingerprint density at radius 2 is 0.444 bits per heavy atom. The van der Waals surface area contributed by atoms with Crippen LogP contribution in [0.1, 0.15) is 0 Å². The van der Waals surface area contributed by atoms with Crippen LogP contribution in [0.5, 0.6) is 0 Å². The standard InChI is InChI=1S/3C4H11Si.2FH.Ta/c3*1-5(2,3)4;;;/h3*1H2,2-4H3;2*1H;/q;;;;;+2/p-2. The number of hydrogen-bond acceptors (Lipinski definition) is 0. The van der Waals surface area contributed by atoms with Crippen LogP contribution in [0.2, 0.25) is 58.9 Å². The number of hydrogen-bond donors (Lipinski definition) is 0. The van der Waals surface area contributed by atoms with Gasteiger partial charge in [-0.1, -0.05) is 78.6 Å². The Balaban J connectivity index is -0.0000000277. The zero-order valence-electron chi connectivity index (χ0n) is 13.8. The van der Waals surface area contributed by atoms with Crippen molar-refractivity contribution in [2.24, 2.45) is 0 Å². The van der Waals surface area contributed by atoms with E-state index in [2.05, 4.69) is 78.6 Å². The van der Waals surface area contributed by atoms with Crippen molar-refractivity contribution >= 4 is 24.2 Å². The molecule has 0 aliphatic carbocycles. The van der Waals surface area contributed by atoms with Gasteiger partial charge in [-0.2, -0.15) is 0 Å². The van der Waals surface area contributed by atoms with Gasteiger partial charge >= 0.3 is 22.4 Å². The van der Waals surface area contributed by atoms with E-state index in [1.165, 1.54) is 0 Å². The molecule has 0 N–H and O–H groups in total. The predicted molar refractivity (Wildman–Crippen MR) is 86.1 cm³/mol. The Morgan fingerprint density at radius 1 is 0.444 bits per heavy atom. The summed E-state index contributed by atoms with van der Waals surface area (Å²) in [6.45, 7) is 31.7. The summed E-state index contributed by atoms with van der Waals surface area (Å²) in [7, 11) is -2.58. The van der Waals surface area contributed by atoms with Crippen molar-refractivity contribution in [2.45, 2.75) is 58.9 Å². The van der Waals surface area contributed by atoms with Crippen molar-refractivity contribution in [1.82, 2.24) is 0 Å². The molecule has 18 heavy (non-hydrogen) atoms. The second-order valence-corrected chi connectivity index (χ2v) is 23.0. The predicted octanol–water partition coefficient (Wildman–Crippen LogP) is -0.901. The Morgan fingerprint density at radius 3 is 0.444 bits per heavy atom. The molecule has 0 aliphatic rings. The van der Waals surface area contributed by atoms with Gasteiger partial charge in [-0.15, -0.1) is 0 Å². The average molecular weight is 481 g/mol. The summed E-state index contributed by atoms with van der Waals surface area (Å²) in [5.41, 5.74) is 0. The fourth-order valence-electron chi connectivity index (χ4n) is 0. The maximum absolute atomic E-state index is 3.91. The van der Waals surface area contributed by atoms with Gasteiger partial charge in [-0.25, -0.2) is 0 Å². The molecule has 4 radical (unpaired) electrons. The fraction of sp³-hybridized carbons (Fsp3) is 0.750. The smallest absolute Gasteiger partial charge is 1.00 e. The van der Waals surface area contributed by atoms with E-state index in [9.17, 15) is 0 Å². The fourth-order valence-corrected chi connectivity index (χ4v) is 0. The summed E-state index contributed by atoms with van der Waals surface area (Å²) in [5, 5.41) is 0. The van der Waals surface area contributed by atoms with Crippen LogP contribution in [0.3, 0.4) is 0 Å². The van der Waals surface area contributed by atoms with Gasteiger partial charge in [0.25, 0.3) is 0 Å². The molecule has 0 aromatic carbocycles. The van der Waals surface area contributed by atoms with E-state index in [1.807, 2.05) is 0 Å². The molecular weight excluding hydrogens is 447 g/mol. The molecule has 0 heterocycles. The van der Waals surface area contributed by atoms with Gasteiger partial charge in [0.2, 0.25) is 0 Å². The molecule has 0 rings (SSSR count). The summed E-state index contributed by atoms with van der Waals surface area (Å²) >= 11 is 0. The second kappa shape index (κ2) is 14.7. The molecule has 0 aliphatic heterocycles. The van der Waals surface area contributed by atoms with Crippen molar-refractivity contribution < 1.29 is 31.8 Å². The SMILES string of the molecule is [CH2][Si](C)(C)C.[CH2][Si](C)(C)C.[CH2][Si](C)(C)C.[F-].[F-].[Ta+2]. The van der Waals surface area contributed by atoms with E-state index in [-0.39, 0.29) is 31.8 Å². The number of rotatable bonds is 0. The molecule has 0 amide bonds. The first-order chi connectivity index (χ1) is 6.00. The van der Waals surface area contributed by atoms with Crippen LogP contribution in [-0.4, -0.2) is 24.2 Å². The topological polar surface area (TPSA) is 0 Å². The van der Waals surface area contributed by atoms with Crippen molar-refractivity contribution in [3.8, 4) is 0 Å². The van der Waals surface area contributed by atoms with E-state index < -0.39 is 24.2 Å². The Hall–Kier alpha value is 1.25. The maximum Gasteiger partial charge on any atom is 2.00 e. The first kappa shape index (κ1) is 36.5.